The highest BCUT2D eigenvalue weighted by Gasteiger charge is 2.39. The first-order valence-electron chi connectivity index (χ1n) is 7.60. The van der Waals surface area contributed by atoms with E-state index in [1.54, 1.807) is 4.90 Å². The van der Waals surface area contributed by atoms with Gasteiger partial charge in [0.15, 0.2) is 0 Å². The molecule has 7 nitrogen and oxygen atoms in total. The first kappa shape index (κ1) is 15.7. The standard InChI is InChI=1S/C17H17N5O2/c1-10-3-4-13(7-11(10)2)21-6-5-14(16(21)23)17(24)22-15(19)12(8-18)9-20-22/h3-4,7,9,14H,5-6,19H2,1-2H3/t14-/m0/s1. The molecule has 1 atom stereocenters. The van der Waals surface area contributed by atoms with Gasteiger partial charge in [-0.15, -0.1) is 0 Å². The monoisotopic (exact) mass is 323 g/mol. The highest BCUT2D eigenvalue weighted by molar-refractivity contribution is 6.10. The van der Waals surface area contributed by atoms with Gasteiger partial charge in [-0.1, -0.05) is 6.07 Å². The predicted molar refractivity (Wildman–Crippen MR) is 88.4 cm³/mol. The first-order chi connectivity index (χ1) is 11.4. The maximum absolute atomic E-state index is 12.7. The molecule has 1 aromatic heterocycles. The fraction of sp³-hybridized carbons (Fsp3) is 0.294. The van der Waals surface area contributed by atoms with Crippen LogP contribution in [-0.2, 0) is 4.79 Å². The number of carbonyl (C=O) groups is 2. The summed E-state index contributed by atoms with van der Waals surface area (Å²) in [4.78, 5) is 26.8. The van der Waals surface area contributed by atoms with Crippen LogP contribution < -0.4 is 10.6 Å². The van der Waals surface area contributed by atoms with E-state index in [2.05, 4.69) is 5.10 Å². The molecule has 1 aliphatic rings. The summed E-state index contributed by atoms with van der Waals surface area (Å²) in [5, 5.41) is 12.7. The third-order valence-corrected chi connectivity index (χ3v) is 4.44. The van der Waals surface area contributed by atoms with Crippen molar-refractivity contribution in [1.29, 1.82) is 5.26 Å². The molecule has 0 saturated carbocycles. The molecule has 1 amide bonds. The number of nitriles is 1. The highest BCUT2D eigenvalue weighted by atomic mass is 16.2. The largest absolute Gasteiger partial charge is 0.382 e. The first-order valence-corrected chi connectivity index (χ1v) is 7.60. The molecule has 2 heterocycles. The number of nitrogens with two attached hydrogens (primary N) is 1. The minimum atomic E-state index is -0.833. The van der Waals surface area contributed by atoms with Gasteiger partial charge < -0.3 is 10.6 Å². The van der Waals surface area contributed by atoms with Crippen molar-refractivity contribution >= 4 is 23.3 Å². The van der Waals surface area contributed by atoms with Gasteiger partial charge in [-0.3, -0.25) is 9.59 Å². The quantitative estimate of drug-likeness (QED) is 0.846. The van der Waals surface area contributed by atoms with Crippen LogP contribution in [0.15, 0.2) is 24.4 Å². The number of benzene rings is 1. The molecule has 122 valence electrons. The molecular formula is C17H17N5O2. The Labute approximate surface area is 139 Å². The summed E-state index contributed by atoms with van der Waals surface area (Å²) < 4.78 is 0.949. The fourth-order valence-electron chi connectivity index (χ4n) is 2.83. The lowest BCUT2D eigenvalue weighted by Crippen LogP contribution is -2.33. The highest BCUT2D eigenvalue weighted by Crippen LogP contribution is 2.28. The lowest BCUT2D eigenvalue weighted by molar-refractivity contribution is -0.119. The SMILES string of the molecule is Cc1ccc(N2CC[C@H](C(=O)n3ncc(C#N)c3N)C2=O)cc1C. The molecule has 1 fully saturated rings. The number of nitrogen functional groups attached to an aromatic ring is 1. The van der Waals surface area contributed by atoms with Crippen molar-refractivity contribution in [1.82, 2.24) is 9.78 Å². The second-order valence-corrected chi connectivity index (χ2v) is 5.91. The van der Waals surface area contributed by atoms with Gasteiger partial charge in [0.05, 0.1) is 6.20 Å². The third kappa shape index (κ3) is 2.42. The summed E-state index contributed by atoms with van der Waals surface area (Å²) in [5.41, 5.74) is 8.88. The van der Waals surface area contributed by atoms with Crippen molar-refractivity contribution in [3.8, 4) is 6.07 Å². The number of hydrogen-bond donors (Lipinski definition) is 1. The molecule has 1 aromatic carbocycles. The zero-order chi connectivity index (χ0) is 17.4. The zero-order valence-corrected chi connectivity index (χ0v) is 13.5. The number of amides is 1. The van der Waals surface area contributed by atoms with Crippen LogP contribution in [-0.4, -0.2) is 28.1 Å². The van der Waals surface area contributed by atoms with Gasteiger partial charge in [-0.25, -0.2) is 0 Å². The predicted octanol–water partition coefficient (Wildman–Crippen LogP) is 1.65. The lowest BCUT2D eigenvalue weighted by atomic mass is 10.1. The summed E-state index contributed by atoms with van der Waals surface area (Å²) in [6, 6.07) is 7.64. The van der Waals surface area contributed by atoms with Crippen LogP contribution in [0.2, 0.25) is 0 Å². The number of nitrogens with zero attached hydrogens (tertiary/aromatic N) is 4. The minimum Gasteiger partial charge on any atom is -0.382 e. The Hall–Kier alpha value is -3.14. The van der Waals surface area contributed by atoms with E-state index in [4.69, 9.17) is 11.0 Å². The van der Waals surface area contributed by atoms with E-state index in [0.717, 1.165) is 21.5 Å². The van der Waals surface area contributed by atoms with E-state index in [0.29, 0.717) is 13.0 Å². The van der Waals surface area contributed by atoms with Gasteiger partial charge in [0, 0.05) is 12.2 Å². The van der Waals surface area contributed by atoms with Gasteiger partial charge in [-0.2, -0.15) is 15.0 Å². The van der Waals surface area contributed by atoms with Crippen LogP contribution in [0.3, 0.4) is 0 Å². The second-order valence-electron chi connectivity index (χ2n) is 5.91. The van der Waals surface area contributed by atoms with Gasteiger partial charge in [-0.05, 0) is 43.5 Å². The van der Waals surface area contributed by atoms with Crippen molar-refractivity contribution in [2.24, 2.45) is 5.92 Å². The summed E-state index contributed by atoms with van der Waals surface area (Å²) in [6.45, 7) is 4.45. The Balaban J connectivity index is 1.85. The van der Waals surface area contributed by atoms with Crippen LogP contribution in [0.1, 0.15) is 27.9 Å². The number of anilines is 2. The van der Waals surface area contributed by atoms with Crippen molar-refractivity contribution in [3.05, 3.63) is 41.1 Å². The van der Waals surface area contributed by atoms with Crippen molar-refractivity contribution in [2.75, 3.05) is 17.2 Å². The Kier molecular flexibility index (Phi) is 3.81. The Bertz CT molecular complexity index is 878. The number of carbonyl (C=O) groups excluding carboxylic acids is 2. The molecule has 1 aliphatic heterocycles. The third-order valence-electron chi connectivity index (χ3n) is 4.44. The van der Waals surface area contributed by atoms with Crippen LogP contribution >= 0.6 is 0 Å². The molecule has 7 heteroatoms. The van der Waals surface area contributed by atoms with E-state index < -0.39 is 11.8 Å². The Morgan fingerprint density at radius 3 is 2.75 bits per heavy atom. The molecule has 0 radical (unpaired) electrons. The molecule has 24 heavy (non-hydrogen) atoms. The summed E-state index contributed by atoms with van der Waals surface area (Å²) in [5.74, 6) is -1.62. The smallest absolute Gasteiger partial charge is 0.261 e. The fourth-order valence-corrected chi connectivity index (χ4v) is 2.83. The van der Waals surface area contributed by atoms with Crippen molar-refractivity contribution in [3.63, 3.8) is 0 Å². The molecule has 3 rings (SSSR count). The second kappa shape index (κ2) is 5.81. The van der Waals surface area contributed by atoms with Crippen LogP contribution in [0, 0.1) is 31.1 Å². The molecule has 2 aromatic rings. The van der Waals surface area contributed by atoms with Crippen LogP contribution in [0.4, 0.5) is 11.5 Å². The number of rotatable bonds is 2. The van der Waals surface area contributed by atoms with E-state index in [-0.39, 0.29) is 17.3 Å². The number of aromatic nitrogens is 2. The van der Waals surface area contributed by atoms with Gasteiger partial charge in [0.1, 0.15) is 23.4 Å². The van der Waals surface area contributed by atoms with E-state index in [1.807, 2.05) is 38.1 Å². The maximum atomic E-state index is 12.7. The minimum absolute atomic E-state index is 0.0278. The summed E-state index contributed by atoms with van der Waals surface area (Å²) in [7, 11) is 0. The Morgan fingerprint density at radius 2 is 2.12 bits per heavy atom. The molecular weight excluding hydrogens is 306 g/mol. The number of hydrogen-bond acceptors (Lipinski definition) is 5. The maximum Gasteiger partial charge on any atom is 0.261 e. The van der Waals surface area contributed by atoms with Gasteiger partial charge in [0.2, 0.25) is 5.91 Å². The zero-order valence-electron chi connectivity index (χ0n) is 13.5. The van der Waals surface area contributed by atoms with E-state index >= 15 is 0 Å². The van der Waals surface area contributed by atoms with Gasteiger partial charge in [0.25, 0.3) is 5.91 Å². The molecule has 0 spiro atoms. The summed E-state index contributed by atoms with van der Waals surface area (Å²) in [6.07, 6.45) is 1.62. The molecule has 0 unspecified atom stereocenters. The van der Waals surface area contributed by atoms with Gasteiger partial charge >= 0.3 is 0 Å². The van der Waals surface area contributed by atoms with Crippen molar-refractivity contribution < 1.29 is 9.59 Å². The molecule has 2 N–H and O–H groups in total. The van der Waals surface area contributed by atoms with E-state index in [1.165, 1.54) is 6.20 Å². The summed E-state index contributed by atoms with van der Waals surface area (Å²) >= 11 is 0. The van der Waals surface area contributed by atoms with E-state index in [9.17, 15) is 9.59 Å². The van der Waals surface area contributed by atoms with Crippen molar-refractivity contribution in [2.45, 2.75) is 20.3 Å². The topological polar surface area (TPSA) is 105 Å². The average molecular weight is 323 g/mol. The average Bonchev–Trinajstić information content (AvgIpc) is 3.12. The number of aryl methyl sites for hydroxylation is 2. The van der Waals surface area contributed by atoms with Crippen LogP contribution in [0.25, 0.3) is 0 Å². The molecule has 1 saturated heterocycles. The van der Waals surface area contributed by atoms with Crippen LogP contribution in [0.5, 0.6) is 0 Å². The normalized spacial score (nSPS) is 17.1. The molecule has 0 bridgehead atoms. The molecule has 0 aliphatic carbocycles. The lowest BCUT2D eigenvalue weighted by Gasteiger charge is -2.18. The Morgan fingerprint density at radius 1 is 1.38 bits per heavy atom.